The smallest absolute Gasteiger partial charge is 0.161 e. The molecule has 1 aromatic carbocycles. The Kier molecular flexibility index (Phi) is 4.67. The molecule has 0 aliphatic rings. The van der Waals surface area contributed by atoms with Crippen LogP contribution in [0.4, 0.5) is 5.69 Å². The Bertz CT molecular complexity index is 524. The highest BCUT2D eigenvalue weighted by atomic mass is 16.1. The Morgan fingerprint density at radius 1 is 1.33 bits per heavy atom. The highest BCUT2D eigenvalue weighted by molar-refractivity contribution is 5.98. The van der Waals surface area contributed by atoms with E-state index in [0.29, 0.717) is 11.3 Å². The van der Waals surface area contributed by atoms with Gasteiger partial charge in [0.15, 0.2) is 5.78 Å². The van der Waals surface area contributed by atoms with E-state index in [1.165, 1.54) is 12.5 Å². The van der Waals surface area contributed by atoms with Crippen LogP contribution in [-0.2, 0) is 4.79 Å². The molecular weight excluding hydrogens is 222 g/mol. The van der Waals surface area contributed by atoms with E-state index in [4.69, 9.17) is 0 Å². The molecule has 94 valence electrons. The minimum atomic E-state index is -0.0547. The normalized spacial score (nSPS) is 10.9. The molecule has 0 heterocycles. The van der Waals surface area contributed by atoms with Gasteiger partial charge in [-0.05, 0) is 44.0 Å². The zero-order valence-corrected chi connectivity index (χ0v) is 11.2. The molecule has 0 saturated carbocycles. The Balaban J connectivity index is 3.09. The predicted molar refractivity (Wildman–Crippen MR) is 77.6 cm³/mol. The molecule has 1 rings (SSSR count). The molecule has 2 heteroatoms. The standard InChI is InChI=1S/C16H19NO/c1-6-8-15(13(4)14(5)18)17-16-10-7-9-11(2)12(16)3/h6-10,17H,1,4H2,2-3,5H3/b15-8+. The van der Waals surface area contributed by atoms with E-state index >= 15 is 0 Å². The molecule has 0 aromatic heterocycles. The number of hydrogen-bond donors (Lipinski definition) is 1. The monoisotopic (exact) mass is 241 g/mol. The first-order chi connectivity index (χ1) is 8.47. The molecule has 0 aliphatic heterocycles. The minimum Gasteiger partial charge on any atom is -0.355 e. The lowest BCUT2D eigenvalue weighted by Crippen LogP contribution is -2.08. The first-order valence-corrected chi connectivity index (χ1v) is 5.83. The van der Waals surface area contributed by atoms with E-state index in [1.807, 2.05) is 19.1 Å². The van der Waals surface area contributed by atoms with Crippen molar-refractivity contribution in [2.24, 2.45) is 0 Å². The van der Waals surface area contributed by atoms with E-state index in [0.717, 1.165) is 11.3 Å². The summed E-state index contributed by atoms with van der Waals surface area (Å²) in [6, 6.07) is 6.01. The molecule has 0 amide bonds. The molecule has 18 heavy (non-hydrogen) atoms. The number of benzene rings is 1. The van der Waals surface area contributed by atoms with Crippen LogP contribution >= 0.6 is 0 Å². The molecular formula is C16H19NO. The number of nitrogens with one attached hydrogen (secondary N) is 1. The van der Waals surface area contributed by atoms with Crippen molar-refractivity contribution in [1.82, 2.24) is 0 Å². The summed E-state index contributed by atoms with van der Waals surface area (Å²) >= 11 is 0. The molecule has 0 radical (unpaired) electrons. The van der Waals surface area contributed by atoms with Gasteiger partial charge < -0.3 is 5.32 Å². The summed E-state index contributed by atoms with van der Waals surface area (Å²) < 4.78 is 0. The Hall–Kier alpha value is -2.09. The fourth-order valence-corrected chi connectivity index (χ4v) is 1.56. The number of ketones is 1. The van der Waals surface area contributed by atoms with E-state index in [2.05, 4.69) is 31.5 Å². The fraction of sp³-hybridized carbons (Fsp3) is 0.188. The van der Waals surface area contributed by atoms with Crippen LogP contribution in [0.3, 0.4) is 0 Å². The van der Waals surface area contributed by atoms with Crippen LogP contribution in [0.2, 0.25) is 0 Å². The Morgan fingerprint density at radius 3 is 2.56 bits per heavy atom. The van der Waals surface area contributed by atoms with Crippen LogP contribution in [0.5, 0.6) is 0 Å². The highest BCUT2D eigenvalue weighted by Gasteiger charge is 2.09. The van der Waals surface area contributed by atoms with Gasteiger partial charge in [0.1, 0.15) is 0 Å². The van der Waals surface area contributed by atoms with Crippen LogP contribution in [0.15, 0.2) is 54.8 Å². The molecule has 0 atom stereocenters. The maximum Gasteiger partial charge on any atom is 0.161 e. The average molecular weight is 241 g/mol. The molecule has 0 bridgehead atoms. The van der Waals surface area contributed by atoms with E-state index in [1.54, 1.807) is 12.2 Å². The second-order valence-corrected chi connectivity index (χ2v) is 4.22. The van der Waals surface area contributed by atoms with Crippen molar-refractivity contribution in [1.29, 1.82) is 0 Å². The summed E-state index contributed by atoms with van der Waals surface area (Å²) in [5, 5.41) is 3.24. The minimum absolute atomic E-state index is 0.0547. The summed E-state index contributed by atoms with van der Waals surface area (Å²) in [5.41, 5.74) is 4.47. The predicted octanol–water partition coefficient (Wildman–Crippen LogP) is 3.93. The van der Waals surface area contributed by atoms with Crippen molar-refractivity contribution in [3.8, 4) is 0 Å². The summed E-state index contributed by atoms with van der Waals surface area (Å²) in [7, 11) is 0. The lowest BCUT2D eigenvalue weighted by atomic mass is 10.1. The Labute approximate surface area is 109 Å². The summed E-state index contributed by atoms with van der Waals surface area (Å²) in [6.07, 6.45) is 3.40. The van der Waals surface area contributed by atoms with Gasteiger partial charge in [0.2, 0.25) is 0 Å². The van der Waals surface area contributed by atoms with E-state index in [-0.39, 0.29) is 5.78 Å². The summed E-state index contributed by atoms with van der Waals surface area (Å²) in [6.45, 7) is 13.0. The van der Waals surface area contributed by atoms with Gasteiger partial charge in [-0.1, -0.05) is 31.4 Å². The second-order valence-electron chi connectivity index (χ2n) is 4.22. The Morgan fingerprint density at radius 2 is 2.00 bits per heavy atom. The van der Waals surface area contributed by atoms with Crippen LogP contribution < -0.4 is 5.32 Å². The van der Waals surface area contributed by atoms with E-state index in [9.17, 15) is 4.79 Å². The first-order valence-electron chi connectivity index (χ1n) is 5.83. The van der Waals surface area contributed by atoms with Gasteiger partial charge in [0, 0.05) is 17.0 Å². The lowest BCUT2D eigenvalue weighted by molar-refractivity contribution is -0.113. The summed E-state index contributed by atoms with van der Waals surface area (Å²) in [5.74, 6) is -0.0547. The number of carbonyl (C=O) groups is 1. The topological polar surface area (TPSA) is 29.1 Å². The molecule has 0 saturated heterocycles. The number of allylic oxidation sites excluding steroid dienone is 3. The molecule has 2 nitrogen and oxygen atoms in total. The SMILES string of the molecule is C=C/C=C(/Nc1cccc(C)c1C)C(=C)C(C)=O. The van der Waals surface area contributed by atoms with Gasteiger partial charge in [0.05, 0.1) is 0 Å². The van der Waals surface area contributed by atoms with Gasteiger partial charge in [-0.25, -0.2) is 0 Å². The average Bonchev–Trinajstić information content (AvgIpc) is 2.33. The number of hydrogen-bond acceptors (Lipinski definition) is 2. The van der Waals surface area contributed by atoms with Crippen molar-refractivity contribution < 1.29 is 4.79 Å². The number of rotatable bonds is 5. The molecule has 0 fully saturated rings. The van der Waals surface area contributed by atoms with Gasteiger partial charge in [0.25, 0.3) is 0 Å². The third kappa shape index (κ3) is 3.20. The van der Waals surface area contributed by atoms with Gasteiger partial charge in [-0.15, -0.1) is 0 Å². The maximum atomic E-state index is 11.4. The number of carbonyl (C=O) groups excluding carboxylic acids is 1. The second kappa shape index (κ2) is 6.01. The molecule has 1 N–H and O–H groups in total. The van der Waals surface area contributed by atoms with Crippen LogP contribution in [0, 0.1) is 13.8 Å². The van der Waals surface area contributed by atoms with Crippen molar-refractivity contribution in [3.63, 3.8) is 0 Å². The molecule has 0 spiro atoms. The summed E-state index contributed by atoms with van der Waals surface area (Å²) in [4.78, 5) is 11.4. The largest absolute Gasteiger partial charge is 0.355 e. The van der Waals surface area contributed by atoms with Gasteiger partial charge in [-0.2, -0.15) is 0 Å². The quantitative estimate of drug-likeness (QED) is 0.625. The zero-order valence-electron chi connectivity index (χ0n) is 11.2. The number of anilines is 1. The van der Waals surface area contributed by atoms with Gasteiger partial charge in [-0.3, -0.25) is 4.79 Å². The lowest BCUT2D eigenvalue weighted by Gasteiger charge is -2.14. The number of aryl methyl sites for hydroxylation is 1. The van der Waals surface area contributed by atoms with E-state index < -0.39 is 0 Å². The van der Waals surface area contributed by atoms with Crippen molar-refractivity contribution in [2.75, 3.05) is 5.32 Å². The zero-order chi connectivity index (χ0) is 13.7. The van der Waals surface area contributed by atoms with Crippen LogP contribution in [-0.4, -0.2) is 5.78 Å². The molecule has 1 aromatic rings. The third-order valence-electron chi connectivity index (χ3n) is 2.91. The molecule has 0 aliphatic carbocycles. The maximum absolute atomic E-state index is 11.4. The fourth-order valence-electron chi connectivity index (χ4n) is 1.56. The third-order valence-corrected chi connectivity index (χ3v) is 2.91. The number of Topliss-reactive ketones (excluding diaryl/α,β-unsaturated/α-hetero) is 1. The van der Waals surface area contributed by atoms with Crippen LogP contribution in [0.25, 0.3) is 0 Å². The first kappa shape index (κ1) is 14.0. The van der Waals surface area contributed by atoms with Crippen LogP contribution in [0.1, 0.15) is 18.1 Å². The van der Waals surface area contributed by atoms with Gasteiger partial charge >= 0.3 is 0 Å². The molecule has 0 unspecified atom stereocenters. The van der Waals surface area contributed by atoms with Crippen molar-refractivity contribution in [2.45, 2.75) is 20.8 Å². The van der Waals surface area contributed by atoms with Crippen molar-refractivity contribution in [3.05, 3.63) is 65.9 Å². The highest BCUT2D eigenvalue weighted by Crippen LogP contribution is 2.22. The van der Waals surface area contributed by atoms with Crippen molar-refractivity contribution >= 4 is 11.5 Å².